The van der Waals surface area contributed by atoms with Gasteiger partial charge in [0.1, 0.15) is 0 Å². The lowest BCUT2D eigenvalue weighted by molar-refractivity contribution is 0.0767. The summed E-state index contributed by atoms with van der Waals surface area (Å²) >= 11 is 14.1. The van der Waals surface area contributed by atoms with Crippen molar-refractivity contribution in [2.24, 2.45) is 0 Å². The van der Waals surface area contributed by atoms with Crippen LogP contribution in [-0.2, 0) is 0 Å². The van der Waals surface area contributed by atoms with Crippen LogP contribution in [0, 0.1) is 6.92 Å². The molecule has 2 nitrogen and oxygen atoms in total. The first-order valence-electron chi connectivity index (χ1n) is 7.97. The largest absolute Gasteiger partial charge is 0.338 e. The van der Waals surface area contributed by atoms with E-state index in [1.807, 2.05) is 16.7 Å². The van der Waals surface area contributed by atoms with E-state index < -0.39 is 0 Å². The summed E-state index contributed by atoms with van der Waals surface area (Å²) in [6, 6.07) is 13.5. The minimum Gasteiger partial charge on any atom is -0.338 e. The van der Waals surface area contributed by atoms with Crippen LogP contribution in [0.4, 0.5) is 0 Å². The number of hydrogen-bond acceptors (Lipinski definition) is 2. The first kappa shape index (κ1) is 17.7. The summed E-state index contributed by atoms with van der Waals surface area (Å²) in [4.78, 5) is 14.7. The molecule has 1 fully saturated rings. The molecule has 0 aromatic heterocycles. The number of carbonyl (C=O) groups excluding carboxylic acids is 1. The third-order valence-corrected chi connectivity index (χ3v) is 6.20. The van der Waals surface area contributed by atoms with Gasteiger partial charge in [-0.3, -0.25) is 4.79 Å². The third kappa shape index (κ3) is 3.90. The van der Waals surface area contributed by atoms with Gasteiger partial charge in [-0.15, -0.1) is 0 Å². The van der Waals surface area contributed by atoms with Gasteiger partial charge in [0, 0.05) is 29.1 Å². The maximum Gasteiger partial charge on any atom is 0.255 e. The van der Waals surface area contributed by atoms with Crippen molar-refractivity contribution in [3.8, 4) is 0 Å². The second kappa shape index (κ2) is 7.81. The Hall–Kier alpha value is -1.16. The number of benzene rings is 2. The second-order valence-corrected chi connectivity index (χ2v) is 8.08. The van der Waals surface area contributed by atoms with E-state index in [0.717, 1.165) is 25.3 Å². The standard InChI is InChI=1S/C19H19Cl2NOS/c1-13-4-2-3-5-15(13)18-8-9-22(10-11-24-18)19(23)16-12-14(20)6-7-17(16)21/h2-7,12,18H,8-11H2,1H3. The van der Waals surface area contributed by atoms with Gasteiger partial charge in [-0.25, -0.2) is 0 Å². The molecule has 1 unspecified atom stereocenters. The lowest BCUT2D eigenvalue weighted by Crippen LogP contribution is -2.33. The van der Waals surface area contributed by atoms with Crippen LogP contribution >= 0.6 is 35.0 Å². The zero-order valence-corrected chi connectivity index (χ0v) is 15.8. The minimum absolute atomic E-state index is 0.0338. The van der Waals surface area contributed by atoms with Crippen molar-refractivity contribution in [3.63, 3.8) is 0 Å². The lowest BCUT2D eigenvalue weighted by Gasteiger charge is -2.21. The van der Waals surface area contributed by atoms with Gasteiger partial charge in [0.2, 0.25) is 0 Å². The number of aryl methyl sites for hydroxylation is 1. The zero-order valence-electron chi connectivity index (χ0n) is 13.5. The molecular weight excluding hydrogens is 361 g/mol. The van der Waals surface area contributed by atoms with E-state index in [4.69, 9.17) is 23.2 Å². The number of rotatable bonds is 2. The first-order valence-corrected chi connectivity index (χ1v) is 9.78. The molecule has 1 amide bonds. The molecule has 3 rings (SSSR count). The van der Waals surface area contributed by atoms with Gasteiger partial charge >= 0.3 is 0 Å². The van der Waals surface area contributed by atoms with Crippen LogP contribution in [0.15, 0.2) is 42.5 Å². The third-order valence-electron chi connectivity index (χ3n) is 4.32. The number of carbonyl (C=O) groups is 1. The van der Waals surface area contributed by atoms with Crippen LogP contribution < -0.4 is 0 Å². The average Bonchev–Trinajstić information content (AvgIpc) is 2.83. The summed E-state index contributed by atoms with van der Waals surface area (Å²) in [6.45, 7) is 3.61. The average molecular weight is 380 g/mol. The van der Waals surface area contributed by atoms with Crippen LogP contribution in [0.2, 0.25) is 10.0 Å². The molecule has 2 aromatic carbocycles. The van der Waals surface area contributed by atoms with Crippen molar-refractivity contribution in [1.29, 1.82) is 0 Å². The van der Waals surface area contributed by atoms with E-state index in [9.17, 15) is 4.79 Å². The highest BCUT2D eigenvalue weighted by atomic mass is 35.5. The van der Waals surface area contributed by atoms with Gasteiger partial charge in [-0.05, 0) is 42.7 Å². The molecule has 0 bridgehead atoms. The molecular formula is C19H19Cl2NOS. The second-order valence-electron chi connectivity index (χ2n) is 5.92. The summed E-state index contributed by atoms with van der Waals surface area (Å²) in [5, 5.41) is 1.42. The number of amides is 1. The van der Waals surface area contributed by atoms with Gasteiger partial charge in [0.15, 0.2) is 0 Å². The van der Waals surface area contributed by atoms with Crippen LogP contribution in [0.3, 0.4) is 0 Å². The molecule has 1 atom stereocenters. The van der Waals surface area contributed by atoms with Gasteiger partial charge in [-0.1, -0.05) is 47.5 Å². The Morgan fingerprint density at radius 3 is 2.75 bits per heavy atom. The Morgan fingerprint density at radius 2 is 1.96 bits per heavy atom. The minimum atomic E-state index is -0.0338. The Kier molecular flexibility index (Phi) is 5.75. The number of thioether (sulfide) groups is 1. The van der Waals surface area contributed by atoms with E-state index in [0.29, 0.717) is 20.9 Å². The van der Waals surface area contributed by atoms with E-state index in [2.05, 4.69) is 31.2 Å². The summed E-state index contributed by atoms with van der Waals surface area (Å²) in [6.07, 6.45) is 0.944. The molecule has 0 spiro atoms. The predicted octanol–water partition coefficient (Wildman–Crippen LogP) is 5.62. The number of hydrogen-bond donors (Lipinski definition) is 0. The summed E-state index contributed by atoms with van der Waals surface area (Å²) in [7, 11) is 0. The maximum atomic E-state index is 12.8. The predicted molar refractivity (Wildman–Crippen MR) is 103 cm³/mol. The maximum absolute atomic E-state index is 12.8. The van der Waals surface area contributed by atoms with E-state index in [1.165, 1.54) is 11.1 Å². The van der Waals surface area contributed by atoms with Crippen LogP contribution in [-0.4, -0.2) is 29.6 Å². The number of nitrogens with zero attached hydrogens (tertiary/aromatic N) is 1. The van der Waals surface area contributed by atoms with Crippen molar-refractivity contribution < 1.29 is 4.79 Å². The number of halogens is 2. The molecule has 1 heterocycles. The van der Waals surface area contributed by atoms with Crippen molar-refractivity contribution in [2.45, 2.75) is 18.6 Å². The molecule has 0 aliphatic carbocycles. The first-order chi connectivity index (χ1) is 11.6. The van der Waals surface area contributed by atoms with Crippen LogP contribution in [0.5, 0.6) is 0 Å². The molecule has 1 aliphatic heterocycles. The van der Waals surface area contributed by atoms with E-state index >= 15 is 0 Å². The van der Waals surface area contributed by atoms with Crippen molar-refractivity contribution in [2.75, 3.05) is 18.8 Å². The van der Waals surface area contributed by atoms with E-state index in [1.54, 1.807) is 18.2 Å². The lowest BCUT2D eigenvalue weighted by atomic mass is 10.0. The molecule has 5 heteroatoms. The smallest absolute Gasteiger partial charge is 0.255 e. The van der Waals surface area contributed by atoms with Gasteiger partial charge < -0.3 is 4.90 Å². The fraction of sp³-hybridized carbons (Fsp3) is 0.316. The van der Waals surface area contributed by atoms with Gasteiger partial charge in [-0.2, -0.15) is 11.8 Å². The van der Waals surface area contributed by atoms with E-state index in [-0.39, 0.29) is 5.91 Å². The molecule has 24 heavy (non-hydrogen) atoms. The molecule has 1 saturated heterocycles. The molecule has 0 saturated carbocycles. The quantitative estimate of drug-likeness (QED) is 0.674. The molecule has 126 valence electrons. The van der Waals surface area contributed by atoms with Gasteiger partial charge in [0.05, 0.1) is 10.6 Å². The Balaban J connectivity index is 1.75. The topological polar surface area (TPSA) is 20.3 Å². The highest BCUT2D eigenvalue weighted by Gasteiger charge is 2.24. The van der Waals surface area contributed by atoms with Crippen molar-refractivity contribution in [1.82, 2.24) is 4.90 Å². The monoisotopic (exact) mass is 379 g/mol. The summed E-state index contributed by atoms with van der Waals surface area (Å²) in [5.74, 6) is 0.886. The SMILES string of the molecule is Cc1ccccc1C1CCN(C(=O)c2cc(Cl)ccc2Cl)CCS1. The van der Waals surface area contributed by atoms with Crippen molar-refractivity contribution in [3.05, 3.63) is 69.2 Å². The Morgan fingerprint density at radius 1 is 1.17 bits per heavy atom. The fourth-order valence-electron chi connectivity index (χ4n) is 3.00. The summed E-state index contributed by atoms with van der Waals surface area (Å²) < 4.78 is 0. The normalized spacial score (nSPS) is 18.3. The Labute approximate surface area is 157 Å². The van der Waals surface area contributed by atoms with Crippen LogP contribution in [0.25, 0.3) is 0 Å². The molecule has 0 radical (unpaired) electrons. The highest BCUT2D eigenvalue weighted by molar-refractivity contribution is 7.99. The fourth-order valence-corrected chi connectivity index (χ4v) is 4.70. The highest BCUT2D eigenvalue weighted by Crippen LogP contribution is 2.36. The summed E-state index contributed by atoms with van der Waals surface area (Å²) in [5.41, 5.74) is 3.17. The van der Waals surface area contributed by atoms with Gasteiger partial charge in [0.25, 0.3) is 5.91 Å². The molecule has 1 aliphatic rings. The van der Waals surface area contributed by atoms with Crippen molar-refractivity contribution >= 4 is 40.9 Å². The molecule has 0 N–H and O–H groups in total. The Bertz CT molecular complexity index is 750. The molecule has 2 aromatic rings. The zero-order chi connectivity index (χ0) is 17.1. The van der Waals surface area contributed by atoms with Crippen LogP contribution in [0.1, 0.15) is 33.2 Å².